The Kier molecular flexibility index (Phi) is 14.2. The molecule has 9 nitrogen and oxygen atoms in total. The van der Waals surface area contributed by atoms with E-state index in [1.165, 1.54) is 6.26 Å². The molecule has 65 heavy (non-hydrogen) atoms. The first kappa shape index (κ1) is 48.1. The molecule has 0 saturated carbocycles. The molecule has 0 unspecified atom stereocenters. The SMILES string of the molecule is Cc1ccc2ccccc2c1C(C)(C)C(/C=C/C1=C(S(=O)(=O)C2=CCCC=C2)C(=C/C=C2/N(CCCCS(=O)(=O)O)c3ccc4ccccc4c3C2(C)C)/CC1)=N/CCCCS(C)(=O)=O. The molecular weight excluding hydrogens is 873 g/mol. The van der Waals surface area contributed by atoms with Crippen molar-refractivity contribution in [1.29, 1.82) is 0 Å². The van der Waals surface area contributed by atoms with Crippen molar-refractivity contribution >= 4 is 62.7 Å². The highest BCUT2D eigenvalue weighted by atomic mass is 32.2. The fraction of sp³-hybridized carbons (Fsp3) is 0.377. The lowest BCUT2D eigenvalue weighted by atomic mass is 9.75. The van der Waals surface area contributed by atoms with Crippen LogP contribution in [-0.2, 0) is 40.6 Å². The summed E-state index contributed by atoms with van der Waals surface area (Å²) in [7, 11) is -11.2. The molecule has 1 aliphatic heterocycles. The minimum absolute atomic E-state index is 0.0921. The topological polar surface area (TPSA) is 138 Å². The summed E-state index contributed by atoms with van der Waals surface area (Å²) < 4.78 is 86.5. The van der Waals surface area contributed by atoms with E-state index in [1.807, 2.05) is 54.6 Å². The number of unbranched alkanes of at least 4 members (excludes halogenated alkanes) is 2. The molecule has 2 aliphatic carbocycles. The molecule has 0 amide bonds. The third-order valence-electron chi connectivity index (χ3n) is 13.1. The first-order valence-corrected chi connectivity index (χ1v) is 27.8. The van der Waals surface area contributed by atoms with Crippen LogP contribution in [0.3, 0.4) is 0 Å². The molecule has 0 aromatic heterocycles. The Bertz CT molecular complexity index is 3070. The van der Waals surface area contributed by atoms with Crippen molar-refractivity contribution in [2.75, 3.05) is 35.8 Å². The van der Waals surface area contributed by atoms with Crippen molar-refractivity contribution in [3.05, 3.63) is 159 Å². The number of hydrogen-bond donors (Lipinski definition) is 1. The summed E-state index contributed by atoms with van der Waals surface area (Å²) in [6, 6.07) is 25.0. The van der Waals surface area contributed by atoms with Crippen molar-refractivity contribution in [2.45, 2.75) is 96.8 Å². The minimum atomic E-state index is -4.10. The van der Waals surface area contributed by atoms with Crippen molar-refractivity contribution in [1.82, 2.24) is 0 Å². The van der Waals surface area contributed by atoms with E-state index < -0.39 is 40.6 Å². The number of aliphatic imine (C=N–C) groups is 1. The lowest BCUT2D eigenvalue weighted by molar-refractivity contribution is 0.480. The number of benzene rings is 4. The standard InChI is InChI=1S/C53H62N2O7S3/c1-38-24-25-39-18-10-12-22-44(39)49(38)52(2,3)47(54-34-14-16-36-63(6,56)57)32-29-41-26-27-42(51(41)65(61,62)43-20-8-7-9-21-43)30-33-48-53(4,5)50-45-23-13-11-19-40(45)28-31-46(50)55(48)35-15-17-37-64(58,59)60/h8,10-13,18-25,28-33H,7,9,14-17,26-27,34-37H2,1-6H3,(H,58,59,60)/b32-29+,42-30+,48-33+,54-47+. The maximum atomic E-state index is 14.9. The summed E-state index contributed by atoms with van der Waals surface area (Å²) in [5, 5.41) is 4.46. The van der Waals surface area contributed by atoms with Gasteiger partial charge in [-0.05, 0) is 132 Å². The number of fused-ring (bicyclic) bond motifs is 4. The zero-order chi connectivity index (χ0) is 46.8. The number of sulfone groups is 2. The second-order valence-electron chi connectivity index (χ2n) is 18.7. The molecule has 1 N–H and O–H groups in total. The van der Waals surface area contributed by atoms with Crippen molar-refractivity contribution in [2.24, 2.45) is 4.99 Å². The lowest BCUT2D eigenvalue weighted by Crippen LogP contribution is -2.29. The summed E-state index contributed by atoms with van der Waals surface area (Å²) in [5.74, 6) is -0.228. The van der Waals surface area contributed by atoms with Gasteiger partial charge in [0.15, 0.2) is 0 Å². The van der Waals surface area contributed by atoms with Gasteiger partial charge in [-0.3, -0.25) is 9.55 Å². The van der Waals surface area contributed by atoms with Gasteiger partial charge in [-0.2, -0.15) is 8.42 Å². The van der Waals surface area contributed by atoms with Crippen LogP contribution in [0.15, 0.2) is 147 Å². The highest BCUT2D eigenvalue weighted by Gasteiger charge is 2.41. The third-order valence-corrected chi connectivity index (χ3v) is 16.9. The fourth-order valence-electron chi connectivity index (χ4n) is 9.93. The summed E-state index contributed by atoms with van der Waals surface area (Å²) in [6.07, 6.45) is 18.9. The largest absolute Gasteiger partial charge is 0.344 e. The van der Waals surface area contributed by atoms with Gasteiger partial charge >= 0.3 is 0 Å². The highest BCUT2D eigenvalue weighted by molar-refractivity contribution is 7.99. The number of aryl methyl sites for hydroxylation is 1. The molecule has 0 radical (unpaired) electrons. The number of nitrogens with zero attached hydrogens (tertiary/aromatic N) is 2. The average molecular weight is 935 g/mol. The molecule has 0 saturated heterocycles. The Morgan fingerprint density at radius 1 is 0.815 bits per heavy atom. The van der Waals surface area contributed by atoms with Gasteiger partial charge in [-0.15, -0.1) is 0 Å². The van der Waals surface area contributed by atoms with Gasteiger partial charge in [0, 0.05) is 53.0 Å². The van der Waals surface area contributed by atoms with Crippen LogP contribution in [0.25, 0.3) is 21.5 Å². The Balaban J connectivity index is 1.34. The van der Waals surface area contributed by atoms with Crippen LogP contribution in [0.5, 0.6) is 0 Å². The van der Waals surface area contributed by atoms with Gasteiger partial charge in [0.2, 0.25) is 9.84 Å². The quantitative estimate of drug-likeness (QED) is 0.0627. The van der Waals surface area contributed by atoms with Gasteiger partial charge < -0.3 is 4.90 Å². The van der Waals surface area contributed by atoms with Crippen LogP contribution < -0.4 is 4.90 Å². The Labute approximate surface area is 386 Å². The van der Waals surface area contributed by atoms with Gasteiger partial charge in [-0.1, -0.05) is 119 Å². The van der Waals surface area contributed by atoms with Crippen molar-refractivity contribution < 1.29 is 29.8 Å². The molecule has 1 heterocycles. The summed E-state index contributed by atoms with van der Waals surface area (Å²) in [5.41, 5.74) is 6.48. The maximum absolute atomic E-state index is 14.9. The van der Waals surface area contributed by atoms with E-state index in [2.05, 4.69) is 94.1 Å². The van der Waals surface area contributed by atoms with Crippen LogP contribution >= 0.6 is 0 Å². The molecule has 12 heteroatoms. The van der Waals surface area contributed by atoms with Crippen molar-refractivity contribution in [3.63, 3.8) is 0 Å². The maximum Gasteiger partial charge on any atom is 0.264 e. The van der Waals surface area contributed by atoms with Crippen LogP contribution in [0.4, 0.5) is 5.69 Å². The molecule has 0 fully saturated rings. The molecule has 4 aromatic rings. The van der Waals surface area contributed by atoms with E-state index in [1.54, 1.807) is 6.08 Å². The predicted octanol–water partition coefficient (Wildman–Crippen LogP) is 11.4. The second kappa shape index (κ2) is 19.1. The second-order valence-corrected chi connectivity index (χ2v) is 24.4. The Morgan fingerprint density at radius 3 is 2.18 bits per heavy atom. The van der Waals surface area contributed by atoms with Crippen LogP contribution in [0.2, 0.25) is 0 Å². The third kappa shape index (κ3) is 10.6. The van der Waals surface area contributed by atoms with E-state index in [4.69, 9.17) is 4.99 Å². The number of hydrogen-bond acceptors (Lipinski definition) is 8. The van der Waals surface area contributed by atoms with E-state index in [9.17, 15) is 29.8 Å². The number of anilines is 1. The van der Waals surface area contributed by atoms with Crippen molar-refractivity contribution in [3.8, 4) is 0 Å². The predicted molar refractivity (Wildman–Crippen MR) is 270 cm³/mol. The highest BCUT2D eigenvalue weighted by Crippen LogP contribution is 2.51. The molecule has 0 bridgehead atoms. The van der Waals surface area contributed by atoms with Gasteiger partial charge in [0.1, 0.15) is 9.84 Å². The molecule has 7 rings (SSSR count). The Hall–Kier alpha value is -4.88. The first-order chi connectivity index (χ1) is 30.7. The van der Waals surface area contributed by atoms with E-state index in [0.29, 0.717) is 74.1 Å². The zero-order valence-electron chi connectivity index (χ0n) is 38.5. The minimum Gasteiger partial charge on any atom is -0.344 e. The zero-order valence-corrected chi connectivity index (χ0v) is 40.9. The molecule has 344 valence electrons. The van der Waals surface area contributed by atoms with Crippen LogP contribution in [-0.4, -0.2) is 66.4 Å². The number of allylic oxidation sites excluding steroid dienone is 10. The fourth-order valence-corrected chi connectivity index (χ4v) is 13.1. The normalized spacial score (nSPS) is 18.5. The van der Waals surface area contributed by atoms with E-state index in [0.717, 1.165) is 61.8 Å². The van der Waals surface area contributed by atoms with E-state index >= 15 is 0 Å². The van der Waals surface area contributed by atoms with Gasteiger partial charge in [0.25, 0.3) is 10.1 Å². The Morgan fingerprint density at radius 2 is 1.49 bits per heavy atom. The summed E-state index contributed by atoms with van der Waals surface area (Å²) in [4.78, 5) is 7.97. The number of rotatable bonds is 17. The van der Waals surface area contributed by atoms with Crippen LogP contribution in [0.1, 0.15) is 95.8 Å². The monoisotopic (exact) mass is 934 g/mol. The summed E-state index contributed by atoms with van der Waals surface area (Å²) >= 11 is 0. The summed E-state index contributed by atoms with van der Waals surface area (Å²) in [6.45, 7) is 11.7. The smallest absolute Gasteiger partial charge is 0.264 e. The average Bonchev–Trinajstić information content (AvgIpc) is 3.76. The van der Waals surface area contributed by atoms with E-state index in [-0.39, 0.29) is 16.4 Å². The molecule has 3 aliphatic rings. The van der Waals surface area contributed by atoms with Gasteiger partial charge in [0.05, 0.1) is 15.6 Å². The first-order valence-electron chi connectivity index (χ1n) is 22.6. The molecule has 0 atom stereocenters. The molecular formula is C53H62N2O7S3. The van der Waals surface area contributed by atoms with Crippen LogP contribution in [0, 0.1) is 6.92 Å². The van der Waals surface area contributed by atoms with Gasteiger partial charge in [-0.25, -0.2) is 16.8 Å². The molecule has 0 spiro atoms. The lowest BCUT2D eigenvalue weighted by Gasteiger charge is -2.29. The molecule has 4 aromatic carbocycles.